The van der Waals surface area contributed by atoms with Crippen LogP contribution in [-0.2, 0) is 16.0 Å². The molecule has 0 aliphatic carbocycles. The third-order valence-electron chi connectivity index (χ3n) is 2.20. The van der Waals surface area contributed by atoms with E-state index in [1.807, 2.05) is 24.3 Å². The van der Waals surface area contributed by atoms with Gasteiger partial charge in [-0.2, -0.15) is 0 Å². The Hall–Kier alpha value is -1.58. The molecule has 0 fully saturated rings. The molecule has 0 spiro atoms. The van der Waals surface area contributed by atoms with E-state index in [4.69, 9.17) is 0 Å². The van der Waals surface area contributed by atoms with Crippen molar-refractivity contribution < 1.29 is 13.9 Å². The lowest BCUT2D eigenvalue weighted by Gasteiger charge is -2.06. The Morgan fingerprint density at radius 1 is 1.50 bits per heavy atom. The number of nitrogens with one attached hydrogen (secondary N) is 1. The lowest BCUT2D eigenvalue weighted by molar-refractivity contribution is -0.140. The number of benzene rings is 1. The molecule has 0 aliphatic rings. The highest BCUT2D eigenvalue weighted by Crippen LogP contribution is 2.12. The van der Waals surface area contributed by atoms with E-state index < -0.39 is 6.67 Å². The van der Waals surface area contributed by atoms with Gasteiger partial charge in [0, 0.05) is 18.7 Å². The van der Waals surface area contributed by atoms with Gasteiger partial charge in [0.25, 0.3) is 0 Å². The van der Waals surface area contributed by atoms with Crippen molar-refractivity contribution in [2.24, 2.45) is 0 Å². The van der Waals surface area contributed by atoms with E-state index in [2.05, 4.69) is 10.1 Å². The van der Waals surface area contributed by atoms with E-state index in [1.165, 1.54) is 7.11 Å². The van der Waals surface area contributed by atoms with Gasteiger partial charge in [0.1, 0.15) is 6.67 Å². The van der Waals surface area contributed by atoms with Crippen molar-refractivity contribution >= 4 is 11.7 Å². The summed E-state index contributed by atoms with van der Waals surface area (Å²) in [5.74, 6) is -0.220. The second-order valence-electron chi connectivity index (χ2n) is 3.39. The van der Waals surface area contributed by atoms with Crippen LogP contribution in [0.1, 0.15) is 12.0 Å². The van der Waals surface area contributed by atoms with Gasteiger partial charge in [0.2, 0.25) is 0 Å². The lowest BCUT2D eigenvalue weighted by Crippen LogP contribution is -2.04. The van der Waals surface area contributed by atoms with E-state index in [9.17, 15) is 9.18 Å². The Labute approximate surface area is 94.6 Å². The summed E-state index contributed by atoms with van der Waals surface area (Å²) < 4.78 is 16.5. The first-order valence-corrected chi connectivity index (χ1v) is 5.22. The van der Waals surface area contributed by atoms with Crippen molar-refractivity contribution in [2.75, 3.05) is 25.6 Å². The van der Waals surface area contributed by atoms with Crippen LogP contribution < -0.4 is 5.32 Å². The molecule has 0 saturated carbocycles. The van der Waals surface area contributed by atoms with Gasteiger partial charge in [-0.3, -0.25) is 4.79 Å². The summed E-state index contributed by atoms with van der Waals surface area (Å²) in [6.07, 6.45) is 1.00. The average Bonchev–Trinajstić information content (AvgIpc) is 2.34. The second kappa shape index (κ2) is 6.82. The first kappa shape index (κ1) is 12.5. The van der Waals surface area contributed by atoms with Gasteiger partial charge in [-0.1, -0.05) is 12.1 Å². The molecule has 0 saturated heterocycles. The highest BCUT2D eigenvalue weighted by Gasteiger charge is 2.01. The molecule has 0 amide bonds. The molecule has 1 rings (SSSR count). The van der Waals surface area contributed by atoms with Gasteiger partial charge in [-0.25, -0.2) is 4.39 Å². The van der Waals surface area contributed by atoms with Crippen LogP contribution in [0.2, 0.25) is 0 Å². The maximum atomic E-state index is 12.0. The Kier molecular flexibility index (Phi) is 5.32. The van der Waals surface area contributed by atoms with E-state index in [0.717, 1.165) is 11.3 Å². The minimum atomic E-state index is -0.396. The summed E-state index contributed by atoms with van der Waals surface area (Å²) in [7, 11) is 1.38. The molecule has 1 aromatic carbocycles. The fourth-order valence-electron chi connectivity index (χ4n) is 1.38. The van der Waals surface area contributed by atoms with Crippen LogP contribution in [0, 0.1) is 0 Å². The van der Waals surface area contributed by atoms with Gasteiger partial charge in [0.15, 0.2) is 0 Å². The molecule has 0 heterocycles. The molecule has 88 valence electrons. The number of carbonyl (C=O) groups is 1. The molecular weight excluding hydrogens is 209 g/mol. The molecule has 1 aromatic rings. The van der Waals surface area contributed by atoms with Gasteiger partial charge >= 0.3 is 5.97 Å². The largest absolute Gasteiger partial charge is 0.469 e. The number of anilines is 1. The number of aryl methyl sites for hydroxylation is 1. The molecular formula is C12H16FNO2. The maximum Gasteiger partial charge on any atom is 0.305 e. The van der Waals surface area contributed by atoms with Crippen molar-refractivity contribution in [3.63, 3.8) is 0 Å². The molecule has 0 aliphatic heterocycles. The van der Waals surface area contributed by atoms with Crippen LogP contribution in [0.3, 0.4) is 0 Å². The first-order chi connectivity index (χ1) is 7.76. The Morgan fingerprint density at radius 2 is 2.31 bits per heavy atom. The quantitative estimate of drug-likeness (QED) is 0.754. The van der Waals surface area contributed by atoms with Crippen LogP contribution in [-0.4, -0.2) is 26.3 Å². The SMILES string of the molecule is COC(=O)CCc1cccc(NCCF)c1. The minimum absolute atomic E-state index is 0.220. The number of esters is 1. The zero-order valence-electron chi connectivity index (χ0n) is 9.33. The van der Waals surface area contributed by atoms with Crippen LogP contribution >= 0.6 is 0 Å². The molecule has 1 N–H and O–H groups in total. The summed E-state index contributed by atoms with van der Waals surface area (Å²) in [6, 6.07) is 7.60. The van der Waals surface area contributed by atoms with Gasteiger partial charge < -0.3 is 10.1 Å². The smallest absolute Gasteiger partial charge is 0.305 e. The van der Waals surface area contributed by atoms with Gasteiger partial charge in [-0.15, -0.1) is 0 Å². The molecule has 0 bridgehead atoms. The topological polar surface area (TPSA) is 38.3 Å². The monoisotopic (exact) mass is 225 g/mol. The van der Waals surface area contributed by atoms with E-state index in [0.29, 0.717) is 19.4 Å². The molecule has 0 atom stereocenters. The van der Waals surface area contributed by atoms with Crippen molar-refractivity contribution in [3.8, 4) is 0 Å². The molecule has 0 unspecified atom stereocenters. The van der Waals surface area contributed by atoms with Gasteiger partial charge in [0.05, 0.1) is 7.11 Å². The first-order valence-electron chi connectivity index (χ1n) is 5.22. The number of halogens is 1. The van der Waals surface area contributed by atoms with E-state index >= 15 is 0 Å². The molecule has 0 radical (unpaired) electrons. The number of rotatable bonds is 6. The Morgan fingerprint density at radius 3 is 3.00 bits per heavy atom. The molecule has 4 heteroatoms. The minimum Gasteiger partial charge on any atom is -0.469 e. The fraction of sp³-hybridized carbons (Fsp3) is 0.417. The highest BCUT2D eigenvalue weighted by molar-refractivity contribution is 5.69. The highest BCUT2D eigenvalue weighted by atomic mass is 19.1. The average molecular weight is 225 g/mol. The fourth-order valence-corrected chi connectivity index (χ4v) is 1.38. The van der Waals surface area contributed by atoms with Crippen molar-refractivity contribution in [1.82, 2.24) is 0 Å². The molecule has 0 aromatic heterocycles. The summed E-state index contributed by atoms with van der Waals surface area (Å²) >= 11 is 0. The van der Waals surface area contributed by atoms with Gasteiger partial charge in [-0.05, 0) is 24.1 Å². The Balaban J connectivity index is 2.50. The molecule has 3 nitrogen and oxygen atoms in total. The normalized spacial score (nSPS) is 9.88. The third kappa shape index (κ3) is 4.29. The number of ether oxygens (including phenoxy) is 1. The van der Waals surface area contributed by atoms with Crippen LogP contribution in [0.15, 0.2) is 24.3 Å². The summed E-state index contributed by atoms with van der Waals surface area (Å²) in [5, 5.41) is 2.95. The predicted octanol–water partition coefficient (Wildman–Crippen LogP) is 2.17. The number of carbonyl (C=O) groups excluding carboxylic acids is 1. The summed E-state index contributed by atoms with van der Waals surface area (Å²) in [5.41, 5.74) is 1.91. The number of methoxy groups -OCH3 is 1. The summed E-state index contributed by atoms with van der Waals surface area (Å²) in [4.78, 5) is 11.0. The standard InChI is InChI=1S/C12H16FNO2/c1-16-12(15)6-5-10-3-2-4-11(9-10)14-8-7-13/h2-4,9,14H,5-8H2,1H3. The number of alkyl halides is 1. The summed E-state index contributed by atoms with van der Waals surface area (Å²) in [6.45, 7) is -0.0904. The maximum absolute atomic E-state index is 12.0. The van der Waals surface area contributed by atoms with Crippen LogP contribution in [0.4, 0.5) is 10.1 Å². The Bertz CT molecular complexity index is 342. The van der Waals surface area contributed by atoms with Crippen molar-refractivity contribution in [1.29, 1.82) is 0 Å². The number of hydrogen-bond donors (Lipinski definition) is 1. The van der Waals surface area contributed by atoms with Crippen LogP contribution in [0.25, 0.3) is 0 Å². The molecule has 16 heavy (non-hydrogen) atoms. The third-order valence-corrected chi connectivity index (χ3v) is 2.20. The zero-order chi connectivity index (χ0) is 11.8. The number of hydrogen-bond acceptors (Lipinski definition) is 3. The van der Waals surface area contributed by atoms with Crippen LogP contribution in [0.5, 0.6) is 0 Å². The van der Waals surface area contributed by atoms with E-state index in [1.54, 1.807) is 0 Å². The van der Waals surface area contributed by atoms with Crippen molar-refractivity contribution in [3.05, 3.63) is 29.8 Å². The lowest BCUT2D eigenvalue weighted by atomic mass is 10.1. The predicted molar refractivity (Wildman–Crippen MR) is 61.2 cm³/mol. The zero-order valence-corrected chi connectivity index (χ0v) is 9.33. The second-order valence-corrected chi connectivity index (χ2v) is 3.39. The van der Waals surface area contributed by atoms with E-state index in [-0.39, 0.29) is 5.97 Å². The van der Waals surface area contributed by atoms with Crippen molar-refractivity contribution in [2.45, 2.75) is 12.8 Å².